The first-order valence-corrected chi connectivity index (χ1v) is 25.5. The van der Waals surface area contributed by atoms with Gasteiger partial charge < -0.3 is 0 Å². The molecule has 16 aromatic rings. The van der Waals surface area contributed by atoms with E-state index in [2.05, 4.69) is 220 Å². The fraction of sp³-hybridized carbons (Fsp3) is 0.0278. The molecular weight excluding hydrogens is 865 g/mol. The van der Waals surface area contributed by atoms with E-state index in [1.807, 2.05) is 0 Å². The van der Waals surface area contributed by atoms with Gasteiger partial charge in [0.25, 0.3) is 0 Å². The Kier molecular flexibility index (Phi) is 6.82. The van der Waals surface area contributed by atoms with Crippen molar-refractivity contribution in [3.05, 3.63) is 217 Å². The highest BCUT2D eigenvalue weighted by Crippen LogP contribution is 2.60. The monoisotopic (exact) mass is 904 g/mol. The summed E-state index contributed by atoms with van der Waals surface area (Å²) < 4.78 is 0. The molecule has 0 spiro atoms. The molecule has 0 heteroatoms. The summed E-state index contributed by atoms with van der Waals surface area (Å²) in [4.78, 5) is 0. The lowest BCUT2D eigenvalue weighted by Crippen LogP contribution is -1.92. The lowest BCUT2D eigenvalue weighted by molar-refractivity contribution is 1.47. The molecule has 0 atom stereocenters. The fourth-order valence-corrected chi connectivity index (χ4v) is 14.5. The van der Waals surface area contributed by atoms with Crippen molar-refractivity contribution in [1.82, 2.24) is 0 Å². The molecule has 0 amide bonds. The van der Waals surface area contributed by atoms with E-state index in [9.17, 15) is 0 Å². The minimum absolute atomic E-state index is 1.24. The van der Waals surface area contributed by atoms with E-state index in [4.69, 9.17) is 0 Å². The lowest BCUT2D eigenvalue weighted by Gasteiger charge is -2.20. The van der Waals surface area contributed by atoms with Gasteiger partial charge in [-0.05, 0) is 211 Å². The first-order valence-electron chi connectivity index (χ1n) is 25.5. The predicted octanol–water partition coefficient (Wildman–Crippen LogP) is 20.5. The third-order valence-electron chi connectivity index (χ3n) is 17.5. The highest BCUT2D eigenvalue weighted by molar-refractivity contribution is 6.46. The Hall–Kier alpha value is -9.10. The minimum atomic E-state index is 1.24. The van der Waals surface area contributed by atoms with Gasteiger partial charge in [-0.1, -0.05) is 205 Å². The summed E-state index contributed by atoms with van der Waals surface area (Å²) in [6.07, 6.45) is 0. The Balaban J connectivity index is 0.906. The molecule has 18 rings (SSSR count). The molecule has 0 radical (unpaired) electrons. The molecule has 72 heavy (non-hydrogen) atoms. The Morgan fingerprint density at radius 3 is 0.764 bits per heavy atom. The smallest absolute Gasteiger partial charge is 0.00134 e. The number of benzene rings is 16. The summed E-state index contributed by atoms with van der Waals surface area (Å²) in [5.41, 5.74) is 18.4. The van der Waals surface area contributed by atoms with Gasteiger partial charge in [0.1, 0.15) is 0 Å². The van der Waals surface area contributed by atoms with Gasteiger partial charge in [0.05, 0.1) is 0 Å². The van der Waals surface area contributed by atoms with Crippen LogP contribution in [0.25, 0.3) is 185 Å². The van der Waals surface area contributed by atoms with Crippen LogP contribution in [0.5, 0.6) is 0 Å². The summed E-state index contributed by atoms with van der Waals surface area (Å²) in [5.74, 6) is 0. The van der Waals surface area contributed by atoms with Gasteiger partial charge in [-0.2, -0.15) is 0 Å². The van der Waals surface area contributed by atoms with Crippen LogP contribution in [-0.2, 0) is 0 Å². The van der Waals surface area contributed by atoms with Crippen molar-refractivity contribution < 1.29 is 0 Å². The number of rotatable bonds is 2. The van der Waals surface area contributed by atoms with Gasteiger partial charge in [-0.3, -0.25) is 0 Å². The zero-order valence-electron chi connectivity index (χ0n) is 39.6. The molecular formula is C72H40. The normalized spacial score (nSPS) is 12.9. The predicted molar refractivity (Wildman–Crippen MR) is 311 cm³/mol. The summed E-state index contributed by atoms with van der Waals surface area (Å²) in [5, 5.41) is 29.5. The molecule has 2 aliphatic carbocycles. The molecule has 0 fully saturated rings. The van der Waals surface area contributed by atoms with Crippen LogP contribution in [0, 0.1) is 13.8 Å². The second-order valence-electron chi connectivity index (χ2n) is 21.1. The van der Waals surface area contributed by atoms with Gasteiger partial charge in [0.15, 0.2) is 0 Å². The third-order valence-corrected chi connectivity index (χ3v) is 17.5. The molecule has 0 nitrogen and oxygen atoms in total. The number of hydrogen-bond acceptors (Lipinski definition) is 0. The van der Waals surface area contributed by atoms with E-state index in [0.29, 0.717) is 0 Å². The standard InChI is InChI=1S/C72H40/c1-37-11-15-39(16-12-37)41-19-21-55-61(35-41)62-36-42(40-17-13-38(2)14-18-40)20-22-56(62)70-60-34-30-54-50-26-24-48-52-28-32-58-68-46-10-6-4-8-44(46)43-7-3-5-9-45(43)67(68)57-31-27-51(65(52)71(57)58)47-23-25-49(64(50)63(47)48)53-29-33-59(69(55)70)72(60)66(53)54/h3-36H,1-2H3. The van der Waals surface area contributed by atoms with Crippen molar-refractivity contribution >= 4 is 118 Å². The van der Waals surface area contributed by atoms with Crippen molar-refractivity contribution in [3.63, 3.8) is 0 Å². The van der Waals surface area contributed by atoms with Crippen LogP contribution in [0.15, 0.2) is 206 Å². The second kappa shape index (κ2) is 13.0. The molecule has 328 valence electrons. The van der Waals surface area contributed by atoms with Gasteiger partial charge in [0.2, 0.25) is 0 Å². The first kappa shape index (κ1) is 37.8. The highest BCUT2D eigenvalue weighted by Gasteiger charge is 2.32. The van der Waals surface area contributed by atoms with Gasteiger partial charge in [0, 0.05) is 0 Å². The average molecular weight is 905 g/mol. The number of hydrogen-bond donors (Lipinski definition) is 0. The highest BCUT2D eigenvalue weighted by atomic mass is 14.3. The molecule has 0 aliphatic heterocycles. The summed E-state index contributed by atoms with van der Waals surface area (Å²) >= 11 is 0. The maximum absolute atomic E-state index is 2.46. The quantitative estimate of drug-likeness (QED) is 0.120. The van der Waals surface area contributed by atoms with E-state index >= 15 is 0 Å². The molecule has 0 N–H and O–H groups in total. The number of fused-ring (bicyclic) bond motifs is 20. The van der Waals surface area contributed by atoms with Crippen LogP contribution < -0.4 is 0 Å². The van der Waals surface area contributed by atoms with Gasteiger partial charge >= 0.3 is 0 Å². The van der Waals surface area contributed by atoms with Crippen molar-refractivity contribution in [2.75, 3.05) is 0 Å². The molecule has 0 unspecified atom stereocenters. The Labute approximate surface area is 414 Å². The summed E-state index contributed by atoms with van der Waals surface area (Å²) in [6, 6.07) is 79.8. The molecule has 16 aromatic carbocycles. The molecule has 0 saturated carbocycles. The number of aryl methyl sites for hydroxylation is 2. The Morgan fingerprint density at radius 1 is 0.181 bits per heavy atom. The van der Waals surface area contributed by atoms with Crippen molar-refractivity contribution in [2.24, 2.45) is 0 Å². The fourth-order valence-electron chi connectivity index (χ4n) is 14.5. The van der Waals surface area contributed by atoms with Gasteiger partial charge in [-0.25, -0.2) is 0 Å². The van der Waals surface area contributed by atoms with Crippen LogP contribution in [0.1, 0.15) is 11.1 Å². The van der Waals surface area contributed by atoms with Crippen molar-refractivity contribution in [2.45, 2.75) is 13.8 Å². The Morgan fingerprint density at radius 2 is 0.431 bits per heavy atom. The Bertz CT molecular complexity index is 4870. The van der Waals surface area contributed by atoms with Crippen LogP contribution >= 0.6 is 0 Å². The molecule has 2 aliphatic rings. The van der Waals surface area contributed by atoms with Crippen molar-refractivity contribution in [3.8, 4) is 66.8 Å². The molecule has 0 aromatic heterocycles. The lowest BCUT2D eigenvalue weighted by atomic mass is 9.82. The maximum Gasteiger partial charge on any atom is -0.00134 e. The molecule has 0 bridgehead atoms. The minimum Gasteiger partial charge on any atom is -0.0616 e. The van der Waals surface area contributed by atoms with E-state index < -0.39 is 0 Å². The average Bonchev–Trinajstić information content (AvgIpc) is 3.97. The van der Waals surface area contributed by atoms with Crippen LogP contribution in [0.2, 0.25) is 0 Å². The second-order valence-corrected chi connectivity index (χ2v) is 21.1. The van der Waals surface area contributed by atoms with E-state index in [-0.39, 0.29) is 0 Å². The third kappa shape index (κ3) is 4.48. The summed E-state index contributed by atoms with van der Waals surface area (Å²) in [6.45, 7) is 4.33. The SMILES string of the molecule is Cc1ccc(-c2ccc3c4c(c5ccc(-c6ccc(C)cc6)cc5c3c2)-c2ccc3c5ccc6c7ccc8c9c(ccc(c%10ccc(c%11ccc-4c2c%113)c5c%106)c97)-c2c-8c3ccccc3c3ccccc23)cc1. The largest absolute Gasteiger partial charge is 0.0616 e. The van der Waals surface area contributed by atoms with Gasteiger partial charge in [-0.15, -0.1) is 0 Å². The first-order chi connectivity index (χ1) is 35.6. The summed E-state index contributed by atoms with van der Waals surface area (Å²) in [7, 11) is 0. The van der Waals surface area contributed by atoms with Crippen molar-refractivity contribution in [1.29, 1.82) is 0 Å². The topological polar surface area (TPSA) is 0 Å². The molecule has 0 saturated heterocycles. The van der Waals surface area contributed by atoms with Crippen LogP contribution in [-0.4, -0.2) is 0 Å². The van der Waals surface area contributed by atoms with E-state index in [0.717, 1.165) is 0 Å². The van der Waals surface area contributed by atoms with Crippen LogP contribution in [0.4, 0.5) is 0 Å². The zero-order valence-corrected chi connectivity index (χ0v) is 39.6. The molecule has 0 heterocycles. The van der Waals surface area contributed by atoms with E-state index in [1.54, 1.807) is 0 Å². The van der Waals surface area contributed by atoms with E-state index in [1.165, 1.54) is 196 Å². The zero-order chi connectivity index (χ0) is 46.8. The maximum atomic E-state index is 2.46. The van der Waals surface area contributed by atoms with Crippen LogP contribution in [0.3, 0.4) is 0 Å².